The molecule has 1 N–H and O–H groups in total. The molecule has 0 amide bonds. The second-order valence-electron chi connectivity index (χ2n) is 9.83. The number of aliphatic hydroxyl groups is 1. The quantitative estimate of drug-likeness (QED) is 0.360. The summed E-state index contributed by atoms with van der Waals surface area (Å²) in [7, 11) is 0.368. The third-order valence-corrected chi connectivity index (χ3v) is 7.27. The van der Waals surface area contributed by atoms with Gasteiger partial charge in [0.15, 0.2) is 0 Å². The van der Waals surface area contributed by atoms with E-state index in [1.807, 2.05) is 19.9 Å². The predicted octanol–water partition coefficient (Wildman–Crippen LogP) is 5.93. The van der Waals surface area contributed by atoms with Crippen LogP contribution in [0.25, 0.3) is 55.0 Å². The molecule has 0 aliphatic heterocycles. The van der Waals surface area contributed by atoms with E-state index in [1.54, 1.807) is 13.8 Å². The fourth-order valence-electron chi connectivity index (χ4n) is 4.73. The zero-order valence-corrected chi connectivity index (χ0v) is 18.8. The normalized spacial score (nSPS) is 13.3. The first kappa shape index (κ1) is 19.6. The van der Waals surface area contributed by atoms with Gasteiger partial charge in [-0.1, -0.05) is 60.7 Å². The Kier molecular flexibility index (Phi) is 3.96. The summed E-state index contributed by atoms with van der Waals surface area (Å²) < 4.78 is 12.7. The van der Waals surface area contributed by atoms with Crippen LogP contribution in [-0.4, -0.2) is 23.8 Å². The van der Waals surface area contributed by atoms with Gasteiger partial charge in [0.2, 0.25) is 0 Å². The minimum absolute atomic E-state index is 0.368. The van der Waals surface area contributed by atoms with Gasteiger partial charge in [-0.05, 0) is 61.5 Å². The summed E-state index contributed by atoms with van der Waals surface area (Å²) in [4.78, 5) is 0. The van der Waals surface area contributed by atoms with E-state index in [1.165, 1.54) is 27.6 Å². The van der Waals surface area contributed by atoms with Crippen molar-refractivity contribution in [3.8, 4) is 22.3 Å². The SMILES string of the molecule is CC(C)(O)C(C)(C)OBc1cccc2c1oc1c3cccc4c3c(cc21)-c1ccccc1-4. The van der Waals surface area contributed by atoms with E-state index in [2.05, 4.69) is 60.7 Å². The Balaban J connectivity index is 1.57. The molecular formula is C28H25BO3. The molecule has 32 heavy (non-hydrogen) atoms. The summed E-state index contributed by atoms with van der Waals surface area (Å²) in [6.45, 7) is 7.37. The molecule has 1 aliphatic carbocycles. The van der Waals surface area contributed by atoms with Crippen LogP contribution < -0.4 is 5.46 Å². The zero-order valence-electron chi connectivity index (χ0n) is 18.8. The molecular weight excluding hydrogens is 395 g/mol. The average molecular weight is 420 g/mol. The van der Waals surface area contributed by atoms with Gasteiger partial charge in [0.25, 0.3) is 0 Å². The second kappa shape index (κ2) is 6.47. The van der Waals surface area contributed by atoms with Crippen LogP contribution in [0.1, 0.15) is 27.7 Å². The van der Waals surface area contributed by atoms with Crippen LogP contribution in [0, 0.1) is 0 Å². The van der Waals surface area contributed by atoms with Gasteiger partial charge in [0, 0.05) is 21.5 Å². The van der Waals surface area contributed by atoms with Crippen molar-refractivity contribution in [3.05, 3.63) is 66.7 Å². The van der Waals surface area contributed by atoms with E-state index in [0.29, 0.717) is 7.48 Å². The minimum atomic E-state index is -0.958. The Morgan fingerprint density at radius 2 is 1.38 bits per heavy atom. The van der Waals surface area contributed by atoms with Crippen molar-refractivity contribution >= 4 is 45.7 Å². The molecule has 4 aromatic carbocycles. The molecule has 5 aromatic rings. The second-order valence-corrected chi connectivity index (χ2v) is 9.83. The molecule has 0 saturated heterocycles. The highest BCUT2D eigenvalue weighted by atomic mass is 16.5. The fourth-order valence-corrected chi connectivity index (χ4v) is 4.73. The zero-order chi connectivity index (χ0) is 22.3. The first-order valence-electron chi connectivity index (χ1n) is 11.1. The van der Waals surface area contributed by atoms with Gasteiger partial charge in [-0.15, -0.1) is 0 Å². The van der Waals surface area contributed by atoms with Crippen molar-refractivity contribution in [2.75, 3.05) is 0 Å². The van der Waals surface area contributed by atoms with Crippen molar-refractivity contribution in [2.45, 2.75) is 38.9 Å². The van der Waals surface area contributed by atoms with Crippen LogP contribution in [0.15, 0.2) is 71.1 Å². The highest BCUT2D eigenvalue weighted by Crippen LogP contribution is 2.50. The van der Waals surface area contributed by atoms with E-state index in [0.717, 1.165) is 32.8 Å². The number of furan rings is 1. The van der Waals surface area contributed by atoms with Gasteiger partial charge in [0.1, 0.15) is 11.2 Å². The van der Waals surface area contributed by atoms with Gasteiger partial charge in [-0.25, -0.2) is 0 Å². The lowest BCUT2D eigenvalue weighted by Crippen LogP contribution is -2.49. The van der Waals surface area contributed by atoms with Crippen LogP contribution in [0.2, 0.25) is 0 Å². The van der Waals surface area contributed by atoms with Crippen molar-refractivity contribution in [1.82, 2.24) is 0 Å². The number of hydrogen-bond donors (Lipinski definition) is 1. The Labute approximate surface area is 187 Å². The Morgan fingerprint density at radius 1 is 0.719 bits per heavy atom. The van der Waals surface area contributed by atoms with Gasteiger partial charge < -0.3 is 14.2 Å². The van der Waals surface area contributed by atoms with Crippen LogP contribution >= 0.6 is 0 Å². The van der Waals surface area contributed by atoms with Gasteiger partial charge in [-0.2, -0.15) is 0 Å². The largest absolute Gasteiger partial charge is 0.456 e. The van der Waals surface area contributed by atoms with Crippen LogP contribution in [0.5, 0.6) is 0 Å². The third kappa shape index (κ3) is 2.63. The van der Waals surface area contributed by atoms with Crippen molar-refractivity contribution in [1.29, 1.82) is 0 Å². The molecule has 0 spiro atoms. The summed E-state index contributed by atoms with van der Waals surface area (Å²) in [5.41, 5.74) is 6.21. The molecule has 1 aliphatic rings. The van der Waals surface area contributed by atoms with Crippen LogP contribution in [-0.2, 0) is 4.65 Å². The first-order chi connectivity index (χ1) is 15.3. The van der Waals surface area contributed by atoms with Gasteiger partial charge >= 0.3 is 7.48 Å². The molecule has 1 heterocycles. The van der Waals surface area contributed by atoms with Crippen molar-refractivity contribution in [3.63, 3.8) is 0 Å². The van der Waals surface area contributed by atoms with E-state index >= 15 is 0 Å². The Hall–Kier alpha value is -3.08. The summed E-state index contributed by atoms with van der Waals surface area (Å²) >= 11 is 0. The molecule has 3 nitrogen and oxygen atoms in total. The molecule has 6 rings (SSSR count). The molecule has 1 aromatic heterocycles. The number of para-hydroxylation sites is 1. The highest BCUT2D eigenvalue weighted by Gasteiger charge is 2.36. The molecule has 0 saturated carbocycles. The van der Waals surface area contributed by atoms with E-state index in [9.17, 15) is 5.11 Å². The molecule has 0 radical (unpaired) electrons. The lowest BCUT2D eigenvalue weighted by atomic mass is 9.82. The minimum Gasteiger partial charge on any atom is -0.456 e. The standard InChI is InChI=1S/C28H25BO3/c1-27(2,30)28(3,4)32-29-23-14-8-12-19-22-15-21-17-10-6-5-9-16(17)18-11-7-13-20(24(18)21)25(22)31-26(19)23/h5-15,29-30H,1-4H3. The van der Waals surface area contributed by atoms with Crippen molar-refractivity contribution in [2.24, 2.45) is 0 Å². The Morgan fingerprint density at radius 3 is 2.12 bits per heavy atom. The maximum absolute atomic E-state index is 10.5. The van der Waals surface area contributed by atoms with Crippen LogP contribution in [0.3, 0.4) is 0 Å². The molecule has 0 unspecified atom stereocenters. The molecule has 0 atom stereocenters. The summed E-state index contributed by atoms with van der Waals surface area (Å²) in [6, 6.07) is 23.6. The van der Waals surface area contributed by atoms with Crippen molar-refractivity contribution < 1.29 is 14.2 Å². The summed E-state index contributed by atoms with van der Waals surface area (Å²) in [5, 5.41) is 15.1. The van der Waals surface area contributed by atoms with E-state index < -0.39 is 11.2 Å². The van der Waals surface area contributed by atoms with Gasteiger partial charge in [0.05, 0.1) is 11.2 Å². The van der Waals surface area contributed by atoms with E-state index in [-0.39, 0.29) is 0 Å². The molecule has 0 bridgehead atoms. The number of hydrogen-bond acceptors (Lipinski definition) is 3. The van der Waals surface area contributed by atoms with Crippen LogP contribution in [0.4, 0.5) is 0 Å². The number of benzene rings is 4. The summed E-state index contributed by atoms with van der Waals surface area (Å²) in [6.07, 6.45) is 0. The Bertz CT molecular complexity index is 1540. The fraction of sp³-hybridized carbons (Fsp3) is 0.214. The number of fused-ring (bicyclic) bond motifs is 7. The number of rotatable bonds is 4. The summed E-state index contributed by atoms with van der Waals surface area (Å²) in [5.74, 6) is 0. The maximum atomic E-state index is 10.5. The molecule has 0 fully saturated rings. The van der Waals surface area contributed by atoms with Gasteiger partial charge in [-0.3, -0.25) is 0 Å². The monoisotopic (exact) mass is 420 g/mol. The first-order valence-corrected chi connectivity index (χ1v) is 11.1. The lowest BCUT2D eigenvalue weighted by molar-refractivity contribution is -0.0893. The average Bonchev–Trinajstić information content (AvgIpc) is 3.30. The maximum Gasteiger partial charge on any atom is 0.313 e. The smallest absolute Gasteiger partial charge is 0.313 e. The van der Waals surface area contributed by atoms with E-state index in [4.69, 9.17) is 9.07 Å². The molecule has 4 heteroatoms. The third-order valence-electron chi connectivity index (χ3n) is 7.27. The lowest BCUT2D eigenvalue weighted by Gasteiger charge is -2.37. The topological polar surface area (TPSA) is 42.6 Å². The highest BCUT2D eigenvalue weighted by molar-refractivity contribution is 6.51. The molecule has 158 valence electrons. The predicted molar refractivity (Wildman–Crippen MR) is 134 cm³/mol.